The van der Waals surface area contributed by atoms with E-state index in [1.165, 1.54) is 17.5 Å². The van der Waals surface area contributed by atoms with Gasteiger partial charge in [0.25, 0.3) is 0 Å². The zero-order valence-electron chi connectivity index (χ0n) is 14.2. The number of fused-ring (bicyclic) bond motifs is 2. The largest absolute Gasteiger partial charge is 0.444 e. The van der Waals surface area contributed by atoms with Crippen molar-refractivity contribution in [3.05, 3.63) is 35.4 Å². The molecule has 1 atom stereocenters. The zero-order valence-corrected chi connectivity index (χ0v) is 14.2. The Hall–Kier alpha value is -1.51. The fourth-order valence-corrected chi connectivity index (χ4v) is 4.15. The maximum Gasteiger partial charge on any atom is 0.410 e. The number of piperidine rings is 1. The lowest BCUT2D eigenvalue weighted by atomic mass is 9.69. The normalized spacial score (nSPS) is 23.5. The summed E-state index contributed by atoms with van der Waals surface area (Å²) >= 11 is 0. The molecule has 2 aliphatic rings. The third-order valence-corrected chi connectivity index (χ3v) is 5.33. The summed E-state index contributed by atoms with van der Waals surface area (Å²) in [6.07, 6.45) is 3.10. The standard InChI is InChI=1S/C19H27NO2/c1-14-13-15-7-5-6-8-16(15)19(14)9-11-20(12-10-19)17(21)22-18(2,3)4/h5-8,14H,9-13H2,1-4H3. The van der Waals surface area contributed by atoms with E-state index in [0.29, 0.717) is 5.92 Å². The van der Waals surface area contributed by atoms with Gasteiger partial charge in [0.2, 0.25) is 0 Å². The molecule has 1 aromatic rings. The highest BCUT2D eigenvalue weighted by molar-refractivity contribution is 5.68. The lowest BCUT2D eigenvalue weighted by Gasteiger charge is -2.43. The number of amides is 1. The van der Waals surface area contributed by atoms with Gasteiger partial charge < -0.3 is 9.64 Å². The molecule has 1 heterocycles. The molecular weight excluding hydrogens is 274 g/mol. The summed E-state index contributed by atoms with van der Waals surface area (Å²) in [5, 5.41) is 0. The second-order valence-corrected chi connectivity index (χ2v) is 7.89. The van der Waals surface area contributed by atoms with Gasteiger partial charge in [0.15, 0.2) is 0 Å². The summed E-state index contributed by atoms with van der Waals surface area (Å²) in [6.45, 7) is 9.73. The Morgan fingerprint density at radius 2 is 1.86 bits per heavy atom. The van der Waals surface area contributed by atoms with Gasteiger partial charge in [-0.2, -0.15) is 0 Å². The van der Waals surface area contributed by atoms with Gasteiger partial charge in [0.1, 0.15) is 5.60 Å². The molecule has 1 amide bonds. The lowest BCUT2D eigenvalue weighted by molar-refractivity contribution is 0.0139. The molecule has 1 fully saturated rings. The van der Waals surface area contributed by atoms with Gasteiger partial charge in [-0.1, -0.05) is 31.2 Å². The Balaban J connectivity index is 1.73. The molecule has 22 heavy (non-hydrogen) atoms. The first-order chi connectivity index (χ1) is 10.3. The van der Waals surface area contributed by atoms with Crippen LogP contribution in [0.25, 0.3) is 0 Å². The van der Waals surface area contributed by atoms with Crippen molar-refractivity contribution in [1.82, 2.24) is 4.90 Å². The molecule has 3 nitrogen and oxygen atoms in total. The Morgan fingerprint density at radius 3 is 2.50 bits per heavy atom. The maximum absolute atomic E-state index is 12.2. The van der Waals surface area contributed by atoms with Gasteiger partial charge in [0, 0.05) is 18.5 Å². The highest BCUT2D eigenvalue weighted by Gasteiger charge is 2.46. The first-order valence-corrected chi connectivity index (χ1v) is 8.38. The highest BCUT2D eigenvalue weighted by atomic mass is 16.6. The first kappa shape index (κ1) is 15.4. The van der Waals surface area contributed by atoms with Gasteiger partial charge in [0.05, 0.1) is 0 Å². The van der Waals surface area contributed by atoms with Crippen LogP contribution in [0.4, 0.5) is 4.79 Å². The van der Waals surface area contributed by atoms with Crippen LogP contribution in [0.5, 0.6) is 0 Å². The number of ether oxygens (including phenoxy) is 1. The van der Waals surface area contributed by atoms with Crippen LogP contribution in [-0.4, -0.2) is 29.7 Å². The van der Waals surface area contributed by atoms with E-state index in [1.807, 2.05) is 25.7 Å². The molecule has 1 unspecified atom stereocenters. The number of hydrogen-bond donors (Lipinski definition) is 0. The van der Waals surface area contributed by atoms with Crippen molar-refractivity contribution in [2.75, 3.05) is 13.1 Å². The fraction of sp³-hybridized carbons (Fsp3) is 0.632. The van der Waals surface area contributed by atoms with Gasteiger partial charge in [-0.15, -0.1) is 0 Å². The molecule has 120 valence electrons. The number of carbonyl (C=O) groups excluding carboxylic acids is 1. The van der Waals surface area contributed by atoms with Crippen LogP contribution in [-0.2, 0) is 16.6 Å². The van der Waals surface area contributed by atoms with Crippen molar-refractivity contribution in [1.29, 1.82) is 0 Å². The number of hydrogen-bond acceptors (Lipinski definition) is 2. The minimum Gasteiger partial charge on any atom is -0.444 e. The van der Waals surface area contributed by atoms with Crippen LogP contribution in [0.2, 0.25) is 0 Å². The zero-order chi connectivity index (χ0) is 16.0. The van der Waals surface area contributed by atoms with Crippen molar-refractivity contribution >= 4 is 6.09 Å². The molecule has 1 spiro atoms. The van der Waals surface area contributed by atoms with Crippen LogP contribution >= 0.6 is 0 Å². The van der Waals surface area contributed by atoms with E-state index in [4.69, 9.17) is 4.74 Å². The summed E-state index contributed by atoms with van der Waals surface area (Å²) in [5.74, 6) is 0.658. The number of carbonyl (C=O) groups is 1. The lowest BCUT2D eigenvalue weighted by Crippen LogP contribution is -2.48. The Bertz CT molecular complexity index is 565. The van der Waals surface area contributed by atoms with Crippen LogP contribution in [0.3, 0.4) is 0 Å². The third-order valence-electron chi connectivity index (χ3n) is 5.33. The number of rotatable bonds is 0. The van der Waals surface area contributed by atoms with E-state index in [2.05, 4.69) is 31.2 Å². The average molecular weight is 301 g/mol. The van der Waals surface area contributed by atoms with Gasteiger partial charge in [-0.25, -0.2) is 4.79 Å². The fourth-order valence-electron chi connectivity index (χ4n) is 4.15. The molecule has 0 aromatic heterocycles. The van der Waals surface area contributed by atoms with Crippen LogP contribution < -0.4 is 0 Å². The topological polar surface area (TPSA) is 29.5 Å². The monoisotopic (exact) mass is 301 g/mol. The van der Waals surface area contributed by atoms with Gasteiger partial charge >= 0.3 is 6.09 Å². The Labute approximate surface area is 133 Å². The maximum atomic E-state index is 12.2. The Morgan fingerprint density at radius 1 is 1.23 bits per heavy atom. The van der Waals surface area contributed by atoms with Gasteiger partial charge in [-0.3, -0.25) is 0 Å². The van der Waals surface area contributed by atoms with E-state index in [1.54, 1.807) is 0 Å². The summed E-state index contributed by atoms with van der Waals surface area (Å²) in [4.78, 5) is 14.1. The predicted octanol–water partition coefficient (Wildman–Crippen LogP) is 4.15. The molecule has 0 radical (unpaired) electrons. The molecule has 3 rings (SSSR count). The molecule has 0 N–H and O–H groups in total. The molecule has 0 saturated carbocycles. The second-order valence-electron chi connectivity index (χ2n) is 7.89. The predicted molar refractivity (Wildman–Crippen MR) is 88.0 cm³/mol. The minimum absolute atomic E-state index is 0.165. The second kappa shape index (κ2) is 5.29. The molecule has 1 aliphatic heterocycles. The average Bonchev–Trinajstić information content (AvgIpc) is 2.71. The highest BCUT2D eigenvalue weighted by Crippen LogP contribution is 2.49. The third kappa shape index (κ3) is 2.62. The first-order valence-electron chi connectivity index (χ1n) is 8.38. The summed E-state index contributed by atoms with van der Waals surface area (Å²) in [7, 11) is 0. The quantitative estimate of drug-likeness (QED) is 0.720. The van der Waals surface area contributed by atoms with E-state index >= 15 is 0 Å². The smallest absolute Gasteiger partial charge is 0.410 e. The summed E-state index contributed by atoms with van der Waals surface area (Å²) in [5.41, 5.74) is 2.86. The molecule has 3 heteroatoms. The van der Waals surface area contributed by atoms with E-state index in [-0.39, 0.29) is 11.5 Å². The minimum atomic E-state index is -0.417. The van der Waals surface area contributed by atoms with Crippen LogP contribution in [0.15, 0.2) is 24.3 Å². The molecule has 1 aliphatic carbocycles. The summed E-state index contributed by atoms with van der Waals surface area (Å²) < 4.78 is 5.51. The van der Waals surface area contributed by atoms with E-state index in [9.17, 15) is 4.79 Å². The summed E-state index contributed by atoms with van der Waals surface area (Å²) in [6, 6.07) is 8.85. The van der Waals surface area contributed by atoms with Crippen molar-refractivity contribution < 1.29 is 9.53 Å². The molecule has 1 saturated heterocycles. The van der Waals surface area contributed by atoms with Crippen molar-refractivity contribution in [2.24, 2.45) is 5.92 Å². The van der Waals surface area contributed by atoms with Crippen molar-refractivity contribution in [3.8, 4) is 0 Å². The molecule has 0 bridgehead atoms. The molecule has 1 aromatic carbocycles. The SMILES string of the molecule is CC1Cc2ccccc2C12CCN(C(=O)OC(C)(C)C)CC2. The van der Waals surface area contributed by atoms with Crippen LogP contribution in [0, 0.1) is 5.92 Å². The Kier molecular flexibility index (Phi) is 3.70. The van der Waals surface area contributed by atoms with E-state index < -0.39 is 5.60 Å². The van der Waals surface area contributed by atoms with Crippen LogP contribution in [0.1, 0.15) is 51.7 Å². The van der Waals surface area contributed by atoms with Crippen molar-refractivity contribution in [3.63, 3.8) is 0 Å². The molecular formula is C19H27NO2. The van der Waals surface area contributed by atoms with Crippen molar-refractivity contribution in [2.45, 2.75) is 58.0 Å². The number of nitrogens with zero attached hydrogens (tertiary/aromatic N) is 1. The van der Waals surface area contributed by atoms with E-state index in [0.717, 1.165) is 25.9 Å². The van der Waals surface area contributed by atoms with Gasteiger partial charge in [-0.05, 0) is 57.1 Å². The number of likely N-dealkylation sites (tertiary alicyclic amines) is 1. The number of benzene rings is 1.